The SMILES string of the molecule is CCCCC(CC)CNc1ccc(C(=O)O)c(Cl)c1. The van der Waals surface area contributed by atoms with Crippen LogP contribution in [0.25, 0.3) is 0 Å². The molecule has 0 aliphatic carbocycles. The second-order valence-electron chi connectivity index (χ2n) is 4.80. The van der Waals surface area contributed by atoms with Crippen LogP contribution in [-0.4, -0.2) is 17.6 Å². The number of benzene rings is 1. The second-order valence-corrected chi connectivity index (χ2v) is 5.20. The van der Waals surface area contributed by atoms with E-state index in [0.717, 1.165) is 18.7 Å². The average molecular weight is 284 g/mol. The Labute approximate surface area is 120 Å². The first-order chi connectivity index (χ1) is 9.08. The van der Waals surface area contributed by atoms with E-state index in [0.29, 0.717) is 5.92 Å². The molecule has 0 aliphatic heterocycles. The lowest BCUT2D eigenvalue weighted by Gasteiger charge is -2.16. The van der Waals surface area contributed by atoms with Gasteiger partial charge in [0.2, 0.25) is 0 Å². The van der Waals surface area contributed by atoms with E-state index in [-0.39, 0.29) is 10.6 Å². The maximum absolute atomic E-state index is 10.9. The summed E-state index contributed by atoms with van der Waals surface area (Å²) in [5, 5.41) is 12.5. The summed E-state index contributed by atoms with van der Waals surface area (Å²) in [5.74, 6) is -0.344. The molecule has 106 valence electrons. The number of anilines is 1. The summed E-state index contributed by atoms with van der Waals surface area (Å²) in [6.07, 6.45) is 4.84. The van der Waals surface area contributed by atoms with Gasteiger partial charge in [0.05, 0.1) is 10.6 Å². The zero-order valence-corrected chi connectivity index (χ0v) is 12.3. The molecule has 3 nitrogen and oxygen atoms in total. The van der Waals surface area contributed by atoms with Crippen molar-refractivity contribution in [3.05, 3.63) is 28.8 Å². The molecule has 0 fully saturated rings. The predicted molar refractivity (Wildman–Crippen MR) is 80.2 cm³/mol. The zero-order chi connectivity index (χ0) is 14.3. The Morgan fingerprint density at radius 1 is 1.42 bits per heavy atom. The van der Waals surface area contributed by atoms with Crippen LogP contribution >= 0.6 is 11.6 Å². The average Bonchev–Trinajstić information content (AvgIpc) is 2.38. The maximum Gasteiger partial charge on any atom is 0.337 e. The molecule has 0 aromatic heterocycles. The van der Waals surface area contributed by atoms with Gasteiger partial charge in [-0.05, 0) is 30.5 Å². The standard InChI is InChI=1S/C15H22ClNO2/c1-3-5-6-11(4-2)10-17-12-7-8-13(15(18)19)14(16)9-12/h7-9,11,17H,3-6,10H2,1-2H3,(H,18,19). The second kappa shape index (κ2) is 8.05. The maximum atomic E-state index is 10.9. The van der Waals surface area contributed by atoms with Crippen LogP contribution in [0, 0.1) is 5.92 Å². The van der Waals surface area contributed by atoms with Crippen LogP contribution < -0.4 is 5.32 Å². The van der Waals surface area contributed by atoms with Gasteiger partial charge in [-0.1, -0.05) is 44.7 Å². The number of carboxylic acids is 1. The van der Waals surface area contributed by atoms with Gasteiger partial charge in [-0.3, -0.25) is 0 Å². The number of rotatable bonds is 8. The summed E-state index contributed by atoms with van der Waals surface area (Å²) in [4.78, 5) is 10.9. The molecule has 1 aromatic carbocycles. The van der Waals surface area contributed by atoms with Gasteiger partial charge in [-0.2, -0.15) is 0 Å². The lowest BCUT2D eigenvalue weighted by molar-refractivity contribution is 0.0697. The predicted octanol–water partition coefficient (Wildman–Crippen LogP) is 4.67. The van der Waals surface area contributed by atoms with E-state index < -0.39 is 5.97 Å². The number of hydrogen-bond donors (Lipinski definition) is 2. The van der Waals surface area contributed by atoms with Gasteiger partial charge in [0, 0.05) is 12.2 Å². The van der Waals surface area contributed by atoms with Crippen LogP contribution in [0.2, 0.25) is 5.02 Å². The van der Waals surface area contributed by atoms with E-state index in [1.165, 1.54) is 19.3 Å². The van der Waals surface area contributed by atoms with E-state index in [9.17, 15) is 4.79 Å². The Bertz CT molecular complexity index is 421. The highest BCUT2D eigenvalue weighted by molar-refractivity contribution is 6.33. The molecule has 0 saturated carbocycles. The Morgan fingerprint density at radius 2 is 2.16 bits per heavy atom. The summed E-state index contributed by atoms with van der Waals surface area (Å²) in [5.41, 5.74) is 1.02. The molecule has 1 aromatic rings. The first-order valence-corrected chi connectivity index (χ1v) is 7.23. The summed E-state index contributed by atoms with van der Waals surface area (Å²) in [7, 11) is 0. The van der Waals surface area contributed by atoms with Crippen molar-refractivity contribution in [2.24, 2.45) is 5.92 Å². The van der Waals surface area contributed by atoms with Crippen molar-refractivity contribution in [1.29, 1.82) is 0 Å². The summed E-state index contributed by atoms with van der Waals surface area (Å²) in [6, 6.07) is 4.99. The van der Waals surface area contributed by atoms with E-state index >= 15 is 0 Å². The van der Waals surface area contributed by atoms with Gasteiger partial charge in [0.25, 0.3) is 0 Å². The normalized spacial score (nSPS) is 12.2. The van der Waals surface area contributed by atoms with Gasteiger partial charge in [0.15, 0.2) is 0 Å². The summed E-state index contributed by atoms with van der Waals surface area (Å²) >= 11 is 5.94. The minimum absolute atomic E-state index is 0.144. The van der Waals surface area contributed by atoms with Crippen molar-refractivity contribution in [2.45, 2.75) is 39.5 Å². The van der Waals surface area contributed by atoms with Gasteiger partial charge < -0.3 is 10.4 Å². The molecule has 0 aliphatic rings. The molecule has 0 bridgehead atoms. The minimum atomic E-state index is -0.995. The fourth-order valence-electron chi connectivity index (χ4n) is 2.00. The van der Waals surface area contributed by atoms with Crippen molar-refractivity contribution in [3.63, 3.8) is 0 Å². The monoisotopic (exact) mass is 283 g/mol. The van der Waals surface area contributed by atoms with Crippen LogP contribution in [0.3, 0.4) is 0 Å². The first-order valence-electron chi connectivity index (χ1n) is 6.85. The molecule has 0 radical (unpaired) electrons. The third-order valence-corrected chi connectivity index (χ3v) is 3.65. The van der Waals surface area contributed by atoms with Gasteiger partial charge in [-0.25, -0.2) is 4.79 Å². The van der Waals surface area contributed by atoms with Crippen LogP contribution in [0.1, 0.15) is 49.9 Å². The van der Waals surface area contributed by atoms with Crippen molar-refractivity contribution in [2.75, 3.05) is 11.9 Å². The number of carboxylic acid groups (broad SMARTS) is 1. The van der Waals surface area contributed by atoms with Crippen LogP contribution in [0.4, 0.5) is 5.69 Å². The molecule has 1 atom stereocenters. The number of carbonyl (C=O) groups is 1. The Kier molecular flexibility index (Phi) is 6.71. The fraction of sp³-hybridized carbons (Fsp3) is 0.533. The zero-order valence-electron chi connectivity index (χ0n) is 11.6. The van der Waals surface area contributed by atoms with Crippen LogP contribution in [0.5, 0.6) is 0 Å². The number of hydrogen-bond acceptors (Lipinski definition) is 2. The molecule has 1 unspecified atom stereocenters. The Balaban J connectivity index is 2.57. The number of nitrogens with one attached hydrogen (secondary N) is 1. The molecule has 2 N–H and O–H groups in total. The van der Waals surface area contributed by atoms with Gasteiger partial charge >= 0.3 is 5.97 Å². The number of halogens is 1. The number of unbranched alkanes of at least 4 members (excludes halogenated alkanes) is 1. The smallest absolute Gasteiger partial charge is 0.337 e. The van der Waals surface area contributed by atoms with Crippen molar-refractivity contribution in [3.8, 4) is 0 Å². The lowest BCUT2D eigenvalue weighted by atomic mass is 9.99. The highest BCUT2D eigenvalue weighted by atomic mass is 35.5. The summed E-state index contributed by atoms with van der Waals surface area (Å²) < 4.78 is 0. The molecular weight excluding hydrogens is 262 g/mol. The van der Waals surface area contributed by atoms with E-state index in [4.69, 9.17) is 16.7 Å². The first kappa shape index (κ1) is 15.8. The lowest BCUT2D eigenvalue weighted by Crippen LogP contribution is -2.13. The van der Waals surface area contributed by atoms with Crippen LogP contribution in [-0.2, 0) is 0 Å². The molecule has 0 saturated heterocycles. The van der Waals surface area contributed by atoms with E-state index in [1.807, 2.05) is 0 Å². The molecule has 4 heteroatoms. The molecule has 19 heavy (non-hydrogen) atoms. The third-order valence-electron chi connectivity index (χ3n) is 3.34. The van der Waals surface area contributed by atoms with Crippen molar-refractivity contribution in [1.82, 2.24) is 0 Å². The van der Waals surface area contributed by atoms with Crippen molar-refractivity contribution >= 4 is 23.3 Å². The molecule has 1 rings (SSSR count). The van der Waals surface area contributed by atoms with Crippen LogP contribution in [0.15, 0.2) is 18.2 Å². The quantitative estimate of drug-likeness (QED) is 0.729. The van der Waals surface area contributed by atoms with Crippen molar-refractivity contribution < 1.29 is 9.90 Å². The molecule has 0 amide bonds. The van der Waals surface area contributed by atoms with Gasteiger partial charge in [-0.15, -0.1) is 0 Å². The third kappa shape index (κ3) is 5.11. The topological polar surface area (TPSA) is 49.3 Å². The fourth-order valence-corrected chi connectivity index (χ4v) is 2.27. The largest absolute Gasteiger partial charge is 0.478 e. The van der Waals surface area contributed by atoms with E-state index in [2.05, 4.69) is 19.2 Å². The Hall–Kier alpha value is -1.22. The highest BCUT2D eigenvalue weighted by Gasteiger charge is 2.10. The number of aromatic carboxylic acids is 1. The van der Waals surface area contributed by atoms with E-state index in [1.54, 1.807) is 18.2 Å². The summed E-state index contributed by atoms with van der Waals surface area (Å²) in [6.45, 7) is 5.30. The Morgan fingerprint density at radius 3 is 2.68 bits per heavy atom. The van der Waals surface area contributed by atoms with Gasteiger partial charge in [0.1, 0.15) is 0 Å². The highest BCUT2D eigenvalue weighted by Crippen LogP contribution is 2.22. The molecular formula is C15H22ClNO2. The minimum Gasteiger partial charge on any atom is -0.478 e. The molecule has 0 heterocycles. The molecule has 0 spiro atoms.